The molecule has 0 spiro atoms. The number of aliphatic carboxylic acids is 1. The molecule has 1 aliphatic rings. The van der Waals surface area contributed by atoms with Crippen LogP contribution in [-0.4, -0.2) is 48.1 Å². The van der Waals surface area contributed by atoms with Crippen LogP contribution in [-0.2, 0) is 9.59 Å². The Balaban J connectivity index is 2.31. The van der Waals surface area contributed by atoms with Gasteiger partial charge in [0.25, 0.3) is 0 Å². The highest BCUT2D eigenvalue weighted by molar-refractivity contribution is 5.79. The third-order valence-corrected chi connectivity index (χ3v) is 3.49. The number of carbonyl (C=O) groups is 2. The molecule has 0 aromatic rings. The Kier molecular flexibility index (Phi) is 6.12. The summed E-state index contributed by atoms with van der Waals surface area (Å²) in [5, 5.41) is 11.8. The van der Waals surface area contributed by atoms with Crippen molar-refractivity contribution in [2.75, 3.05) is 26.2 Å². The molecule has 1 fully saturated rings. The Morgan fingerprint density at radius 2 is 2.22 bits per heavy atom. The average molecular weight is 256 g/mol. The first-order valence-corrected chi connectivity index (χ1v) is 6.75. The fourth-order valence-corrected chi connectivity index (χ4v) is 2.36. The fraction of sp³-hybridized carbons (Fsp3) is 0.846. The van der Waals surface area contributed by atoms with Crippen LogP contribution in [0.15, 0.2) is 0 Å². The minimum atomic E-state index is -0.750. The fourth-order valence-electron chi connectivity index (χ4n) is 2.36. The molecule has 2 N–H and O–H groups in total. The largest absolute Gasteiger partial charge is 0.481 e. The molecule has 104 valence electrons. The van der Waals surface area contributed by atoms with Crippen LogP contribution in [0.1, 0.15) is 33.1 Å². The third kappa shape index (κ3) is 4.64. The van der Waals surface area contributed by atoms with Crippen LogP contribution in [0.25, 0.3) is 0 Å². The number of likely N-dealkylation sites (tertiary alicyclic amines) is 1. The van der Waals surface area contributed by atoms with E-state index in [1.165, 1.54) is 0 Å². The zero-order valence-corrected chi connectivity index (χ0v) is 11.3. The van der Waals surface area contributed by atoms with Gasteiger partial charge in [0, 0.05) is 32.0 Å². The molecule has 1 aliphatic heterocycles. The lowest BCUT2D eigenvalue weighted by atomic mass is 10.0. The molecule has 1 rings (SSSR count). The first-order valence-electron chi connectivity index (χ1n) is 6.75. The molecule has 5 heteroatoms. The van der Waals surface area contributed by atoms with Crippen molar-refractivity contribution in [3.8, 4) is 0 Å². The maximum absolute atomic E-state index is 12.1. The number of hydrogen-bond donors (Lipinski definition) is 2. The molecular formula is C13H24N2O3. The smallest absolute Gasteiger partial charge is 0.303 e. The van der Waals surface area contributed by atoms with E-state index in [4.69, 9.17) is 5.11 Å². The van der Waals surface area contributed by atoms with Crippen LogP contribution < -0.4 is 5.32 Å². The SMILES string of the molecule is CCNCC(C)C(=O)N1CCC(CCC(=O)O)C1. The monoisotopic (exact) mass is 256 g/mol. The van der Waals surface area contributed by atoms with E-state index in [1.54, 1.807) is 0 Å². The minimum Gasteiger partial charge on any atom is -0.481 e. The molecule has 18 heavy (non-hydrogen) atoms. The molecular weight excluding hydrogens is 232 g/mol. The Morgan fingerprint density at radius 3 is 2.83 bits per heavy atom. The summed E-state index contributed by atoms with van der Waals surface area (Å²) in [4.78, 5) is 24.5. The number of nitrogens with one attached hydrogen (secondary N) is 1. The van der Waals surface area contributed by atoms with Gasteiger partial charge in [0.1, 0.15) is 0 Å². The molecule has 0 aromatic heterocycles. The van der Waals surface area contributed by atoms with E-state index in [2.05, 4.69) is 5.32 Å². The van der Waals surface area contributed by atoms with Crippen LogP contribution in [0.2, 0.25) is 0 Å². The van der Waals surface area contributed by atoms with Crippen LogP contribution in [0, 0.1) is 11.8 Å². The van der Waals surface area contributed by atoms with E-state index < -0.39 is 5.97 Å². The lowest BCUT2D eigenvalue weighted by Gasteiger charge is -2.21. The van der Waals surface area contributed by atoms with E-state index >= 15 is 0 Å². The Hall–Kier alpha value is -1.10. The molecule has 2 atom stereocenters. The highest BCUT2D eigenvalue weighted by Gasteiger charge is 2.28. The Labute approximate surface area is 109 Å². The van der Waals surface area contributed by atoms with E-state index in [0.717, 1.165) is 26.1 Å². The lowest BCUT2D eigenvalue weighted by molar-refractivity contribution is -0.137. The summed E-state index contributed by atoms with van der Waals surface area (Å²) >= 11 is 0. The number of carboxylic acid groups (broad SMARTS) is 1. The lowest BCUT2D eigenvalue weighted by Crippen LogP contribution is -2.37. The molecule has 1 amide bonds. The van der Waals surface area contributed by atoms with Crippen molar-refractivity contribution in [2.24, 2.45) is 11.8 Å². The summed E-state index contributed by atoms with van der Waals surface area (Å²) in [6.45, 7) is 7.05. The normalized spacial score (nSPS) is 21.0. The van der Waals surface area contributed by atoms with E-state index in [0.29, 0.717) is 18.9 Å². The summed E-state index contributed by atoms with van der Waals surface area (Å²) in [7, 11) is 0. The van der Waals surface area contributed by atoms with Crippen LogP contribution >= 0.6 is 0 Å². The number of carbonyl (C=O) groups excluding carboxylic acids is 1. The molecule has 1 heterocycles. The van der Waals surface area contributed by atoms with Crippen molar-refractivity contribution in [1.82, 2.24) is 10.2 Å². The summed E-state index contributed by atoms with van der Waals surface area (Å²) < 4.78 is 0. The van der Waals surface area contributed by atoms with Gasteiger partial charge >= 0.3 is 5.97 Å². The second kappa shape index (κ2) is 7.36. The zero-order chi connectivity index (χ0) is 13.5. The number of amides is 1. The maximum atomic E-state index is 12.1. The first-order chi connectivity index (χ1) is 8.54. The second-order valence-corrected chi connectivity index (χ2v) is 5.08. The summed E-state index contributed by atoms with van der Waals surface area (Å²) in [6.07, 6.45) is 1.83. The zero-order valence-electron chi connectivity index (χ0n) is 11.3. The second-order valence-electron chi connectivity index (χ2n) is 5.08. The van der Waals surface area contributed by atoms with Gasteiger partial charge in [-0.3, -0.25) is 9.59 Å². The van der Waals surface area contributed by atoms with Gasteiger partial charge in [-0.1, -0.05) is 13.8 Å². The van der Waals surface area contributed by atoms with Crippen LogP contribution in [0.3, 0.4) is 0 Å². The Bertz CT molecular complexity index is 294. The molecule has 1 saturated heterocycles. The van der Waals surface area contributed by atoms with Crippen molar-refractivity contribution in [3.63, 3.8) is 0 Å². The topological polar surface area (TPSA) is 69.6 Å². The van der Waals surface area contributed by atoms with Gasteiger partial charge in [0.15, 0.2) is 0 Å². The highest BCUT2D eigenvalue weighted by Crippen LogP contribution is 2.22. The van der Waals surface area contributed by atoms with Crippen molar-refractivity contribution in [3.05, 3.63) is 0 Å². The quantitative estimate of drug-likeness (QED) is 0.711. The molecule has 0 aromatic carbocycles. The average Bonchev–Trinajstić information content (AvgIpc) is 2.81. The van der Waals surface area contributed by atoms with Crippen molar-refractivity contribution in [2.45, 2.75) is 33.1 Å². The van der Waals surface area contributed by atoms with Gasteiger partial charge in [-0.05, 0) is 25.3 Å². The van der Waals surface area contributed by atoms with Crippen molar-refractivity contribution in [1.29, 1.82) is 0 Å². The van der Waals surface area contributed by atoms with E-state index in [-0.39, 0.29) is 18.2 Å². The summed E-state index contributed by atoms with van der Waals surface area (Å²) in [5.74, 6) is -0.200. The number of rotatable bonds is 7. The minimum absolute atomic E-state index is 0.00294. The van der Waals surface area contributed by atoms with Crippen LogP contribution in [0.4, 0.5) is 0 Å². The first kappa shape index (κ1) is 15.0. The maximum Gasteiger partial charge on any atom is 0.303 e. The van der Waals surface area contributed by atoms with Gasteiger partial charge in [0.05, 0.1) is 0 Å². The standard InChI is InChI=1S/C13H24N2O3/c1-3-14-8-10(2)13(18)15-7-6-11(9-15)4-5-12(16)17/h10-11,14H,3-9H2,1-2H3,(H,16,17). The van der Waals surface area contributed by atoms with Gasteiger partial charge in [0.2, 0.25) is 5.91 Å². The predicted molar refractivity (Wildman–Crippen MR) is 69.3 cm³/mol. The van der Waals surface area contributed by atoms with E-state index in [1.807, 2.05) is 18.7 Å². The Morgan fingerprint density at radius 1 is 1.50 bits per heavy atom. The number of nitrogens with zero attached hydrogens (tertiary/aromatic N) is 1. The number of hydrogen-bond acceptors (Lipinski definition) is 3. The van der Waals surface area contributed by atoms with Gasteiger partial charge in [-0.25, -0.2) is 0 Å². The summed E-state index contributed by atoms with van der Waals surface area (Å²) in [5.41, 5.74) is 0. The molecule has 0 radical (unpaired) electrons. The molecule has 0 saturated carbocycles. The van der Waals surface area contributed by atoms with Crippen LogP contribution in [0.5, 0.6) is 0 Å². The van der Waals surface area contributed by atoms with E-state index in [9.17, 15) is 9.59 Å². The van der Waals surface area contributed by atoms with Gasteiger partial charge < -0.3 is 15.3 Å². The van der Waals surface area contributed by atoms with Crippen molar-refractivity contribution >= 4 is 11.9 Å². The number of carboxylic acids is 1. The third-order valence-electron chi connectivity index (χ3n) is 3.49. The highest BCUT2D eigenvalue weighted by atomic mass is 16.4. The molecule has 0 bridgehead atoms. The predicted octanol–water partition coefficient (Wildman–Crippen LogP) is 0.945. The molecule has 2 unspecified atom stereocenters. The summed E-state index contributed by atoms with van der Waals surface area (Å²) in [6, 6.07) is 0. The van der Waals surface area contributed by atoms with Crippen molar-refractivity contribution < 1.29 is 14.7 Å². The molecule has 0 aliphatic carbocycles. The van der Waals surface area contributed by atoms with Gasteiger partial charge in [-0.2, -0.15) is 0 Å². The van der Waals surface area contributed by atoms with Gasteiger partial charge in [-0.15, -0.1) is 0 Å². The molecule has 5 nitrogen and oxygen atoms in total.